The van der Waals surface area contributed by atoms with Crippen molar-refractivity contribution in [1.29, 1.82) is 0 Å². The molecule has 168 valence electrons. The van der Waals surface area contributed by atoms with Crippen molar-refractivity contribution in [3.8, 4) is 0 Å². The van der Waals surface area contributed by atoms with Crippen LogP contribution in [0.3, 0.4) is 0 Å². The van der Waals surface area contributed by atoms with Gasteiger partial charge in [-0.1, -0.05) is 50.1 Å². The minimum absolute atomic E-state index is 0.0929. The van der Waals surface area contributed by atoms with Crippen LogP contribution in [0.4, 0.5) is 4.79 Å². The van der Waals surface area contributed by atoms with E-state index in [1.54, 1.807) is 7.11 Å². The highest BCUT2D eigenvalue weighted by atomic mass is 32.2. The summed E-state index contributed by atoms with van der Waals surface area (Å²) >= 11 is 0. The molecule has 0 saturated heterocycles. The summed E-state index contributed by atoms with van der Waals surface area (Å²) in [6.07, 6.45) is 7.96. The molecule has 2 N–H and O–H groups in total. The van der Waals surface area contributed by atoms with E-state index in [9.17, 15) is 18.0 Å². The fourth-order valence-electron chi connectivity index (χ4n) is 3.60. The summed E-state index contributed by atoms with van der Waals surface area (Å²) in [6, 6.07) is 9.61. The van der Waals surface area contributed by atoms with Crippen LogP contribution in [-0.4, -0.2) is 47.2 Å². The fourth-order valence-corrected chi connectivity index (χ4v) is 4.09. The summed E-state index contributed by atoms with van der Waals surface area (Å²) in [5, 5.41) is 4.05. The van der Waals surface area contributed by atoms with Crippen molar-refractivity contribution in [1.82, 2.24) is 10.6 Å². The van der Waals surface area contributed by atoms with Crippen molar-refractivity contribution in [2.24, 2.45) is 4.36 Å². The molecular formula is C21H33N3O5S. The van der Waals surface area contributed by atoms with E-state index < -0.39 is 16.5 Å². The quantitative estimate of drug-likeness (QED) is 0.514. The Hall–Kier alpha value is -2.26. The molecule has 0 spiro atoms. The van der Waals surface area contributed by atoms with E-state index in [0.717, 1.165) is 32.1 Å². The predicted octanol–water partition coefficient (Wildman–Crippen LogP) is 3.21. The molecule has 0 aliphatic heterocycles. The highest BCUT2D eigenvalue weighted by molar-refractivity contribution is 7.61. The Morgan fingerprint density at radius 2 is 1.97 bits per heavy atom. The van der Waals surface area contributed by atoms with Crippen molar-refractivity contribution >= 4 is 22.9 Å². The SMILES string of the molecule is CCCCC(CCCC1(c2ccccc2)CC1N=S(=O)=O)OC.CNC(=O)NC=O. The molecule has 9 heteroatoms. The lowest BCUT2D eigenvalue weighted by Gasteiger charge is -2.19. The normalized spacial score (nSPS) is 20.2. The van der Waals surface area contributed by atoms with Gasteiger partial charge in [0.25, 0.3) is 0 Å². The van der Waals surface area contributed by atoms with Gasteiger partial charge in [0.1, 0.15) is 0 Å². The van der Waals surface area contributed by atoms with E-state index in [0.29, 0.717) is 12.5 Å². The molecule has 2 rings (SSSR count). The number of nitrogens with zero attached hydrogens (tertiary/aromatic N) is 1. The molecule has 1 saturated carbocycles. The zero-order valence-electron chi connectivity index (χ0n) is 18.0. The van der Waals surface area contributed by atoms with Gasteiger partial charge >= 0.3 is 16.5 Å². The van der Waals surface area contributed by atoms with E-state index in [1.807, 2.05) is 23.5 Å². The first kappa shape index (κ1) is 25.8. The number of unbranched alkanes of at least 4 members (excludes halogenated alkanes) is 1. The van der Waals surface area contributed by atoms with Gasteiger partial charge in [-0.2, -0.15) is 12.8 Å². The number of hydrogen-bond acceptors (Lipinski definition) is 6. The van der Waals surface area contributed by atoms with Gasteiger partial charge in [0.2, 0.25) is 6.41 Å². The number of imide groups is 1. The smallest absolute Gasteiger partial charge is 0.320 e. The van der Waals surface area contributed by atoms with E-state index in [-0.39, 0.29) is 11.5 Å². The molecule has 1 aromatic carbocycles. The summed E-state index contributed by atoms with van der Waals surface area (Å²) in [6.45, 7) is 2.19. The highest BCUT2D eigenvalue weighted by Crippen LogP contribution is 2.54. The zero-order valence-corrected chi connectivity index (χ0v) is 18.8. The van der Waals surface area contributed by atoms with Crippen LogP contribution in [-0.2, 0) is 25.4 Å². The molecule has 30 heavy (non-hydrogen) atoms. The molecule has 3 unspecified atom stereocenters. The van der Waals surface area contributed by atoms with Gasteiger partial charge in [0.05, 0.1) is 12.1 Å². The van der Waals surface area contributed by atoms with Crippen molar-refractivity contribution in [3.63, 3.8) is 0 Å². The van der Waals surface area contributed by atoms with Crippen LogP contribution in [0.15, 0.2) is 34.7 Å². The summed E-state index contributed by atoms with van der Waals surface area (Å²) in [7, 11) is 0.887. The number of methoxy groups -OCH3 is 1. The second-order valence-corrected chi connectivity index (χ2v) is 7.94. The van der Waals surface area contributed by atoms with Gasteiger partial charge in [-0.25, -0.2) is 4.79 Å². The van der Waals surface area contributed by atoms with Crippen LogP contribution < -0.4 is 10.6 Å². The van der Waals surface area contributed by atoms with Crippen molar-refractivity contribution in [2.75, 3.05) is 14.2 Å². The van der Waals surface area contributed by atoms with Gasteiger partial charge in [0.15, 0.2) is 0 Å². The maximum absolute atomic E-state index is 10.9. The highest BCUT2D eigenvalue weighted by Gasteiger charge is 2.55. The largest absolute Gasteiger partial charge is 0.381 e. The number of rotatable bonds is 11. The topological polar surface area (TPSA) is 114 Å². The molecule has 0 aromatic heterocycles. The van der Waals surface area contributed by atoms with Gasteiger partial charge in [0, 0.05) is 19.6 Å². The van der Waals surface area contributed by atoms with E-state index in [4.69, 9.17) is 4.74 Å². The Balaban J connectivity index is 0.000000553. The maximum atomic E-state index is 10.9. The molecule has 1 aliphatic rings. The number of nitrogens with one attached hydrogen (secondary N) is 2. The fraction of sp³-hybridized carbons (Fsp3) is 0.619. The molecule has 0 bridgehead atoms. The standard InChI is InChI=1S/C18H27NO3S.C3H6N2O2/c1-3-4-11-16(22-2)12-8-13-18(14-17(18)19-23(20)21)15-9-6-5-7-10-15;1-4-3(7)5-2-6/h5-7,9-10,16-17H,3-4,8,11-14H2,1-2H3;2H,1H3,(H2,4,5,6,7). The first-order chi connectivity index (χ1) is 14.4. The van der Waals surface area contributed by atoms with Gasteiger partial charge in [-0.3, -0.25) is 10.1 Å². The monoisotopic (exact) mass is 439 g/mol. The molecule has 0 heterocycles. The van der Waals surface area contributed by atoms with Gasteiger partial charge in [-0.15, -0.1) is 0 Å². The van der Waals surface area contributed by atoms with Gasteiger partial charge < -0.3 is 10.1 Å². The second-order valence-electron chi connectivity index (χ2n) is 7.30. The zero-order chi connectivity index (χ0) is 22.4. The molecular weight excluding hydrogens is 406 g/mol. The number of benzene rings is 1. The maximum Gasteiger partial charge on any atom is 0.320 e. The summed E-state index contributed by atoms with van der Waals surface area (Å²) < 4.78 is 31.3. The summed E-state index contributed by atoms with van der Waals surface area (Å²) in [5.41, 5.74) is 1.12. The third-order valence-corrected chi connectivity index (χ3v) is 5.80. The van der Waals surface area contributed by atoms with Crippen LogP contribution in [0.25, 0.3) is 0 Å². The number of carbonyl (C=O) groups excluding carboxylic acids is 2. The van der Waals surface area contributed by atoms with E-state index >= 15 is 0 Å². The minimum Gasteiger partial charge on any atom is -0.381 e. The lowest BCUT2D eigenvalue weighted by molar-refractivity contribution is -0.108. The third kappa shape index (κ3) is 8.62. The average Bonchev–Trinajstić information content (AvgIpc) is 3.44. The van der Waals surface area contributed by atoms with Crippen LogP contribution in [0.5, 0.6) is 0 Å². The van der Waals surface area contributed by atoms with Crippen LogP contribution in [0, 0.1) is 0 Å². The number of carbonyl (C=O) groups is 2. The number of urea groups is 1. The lowest BCUT2D eigenvalue weighted by Crippen LogP contribution is -2.31. The summed E-state index contributed by atoms with van der Waals surface area (Å²) in [4.78, 5) is 19.4. The van der Waals surface area contributed by atoms with Crippen LogP contribution in [0.1, 0.15) is 57.4 Å². The minimum atomic E-state index is -2.32. The first-order valence-corrected chi connectivity index (χ1v) is 11.3. The Morgan fingerprint density at radius 1 is 1.30 bits per heavy atom. The van der Waals surface area contributed by atoms with Crippen LogP contribution >= 0.6 is 0 Å². The van der Waals surface area contributed by atoms with Crippen molar-refractivity contribution in [3.05, 3.63) is 35.9 Å². The molecule has 1 fully saturated rings. The predicted molar refractivity (Wildman–Crippen MR) is 116 cm³/mol. The van der Waals surface area contributed by atoms with Crippen LogP contribution in [0.2, 0.25) is 0 Å². The van der Waals surface area contributed by atoms with Crippen molar-refractivity contribution < 1.29 is 22.7 Å². The Labute approximate surface area is 180 Å². The molecule has 1 aliphatic carbocycles. The molecule has 3 amide bonds. The third-order valence-electron chi connectivity index (χ3n) is 5.38. The summed E-state index contributed by atoms with van der Waals surface area (Å²) in [5.74, 6) is 0. The molecule has 1 aromatic rings. The second kappa shape index (κ2) is 13.9. The number of amides is 3. The molecule has 8 nitrogen and oxygen atoms in total. The average molecular weight is 440 g/mol. The molecule has 3 atom stereocenters. The van der Waals surface area contributed by atoms with Crippen molar-refractivity contribution in [2.45, 2.75) is 69.4 Å². The van der Waals surface area contributed by atoms with E-state index in [1.165, 1.54) is 25.5 Å². The molecule has 0 radical (unpaired) electrons. The number of hydrogen-bond donors (Lipinski definition) is 2. The first-order valence-electron chi connectivity index (χ1n) is 10.2. The van der Waals surface area contributed by atoms with Gasteiger partial charge in [-0.05, 0) is 37.7 Å². The Morgan fingerprint density at radius 3 is 2.47 bits per heavy atom. The lowest BCUT2D eigenvalue weighted by atomic mass is 9.88. The Kier molecular flexibility index (Phi) is 11.9. The number of ether oxygens (including phenoxy) is 1. The van der Waals surface area contributed by atoms with E-state index in [2.05, 4.69) is 28.7 Å². The Bertz CT molecular complexity index is 777.